The molecule has 10 aliphatic carbocycles. The van der Waals surface area contributed by atoms with Crippen molar-refractivity contribution in [1.82, 2.24) is 84.7 Å². The van der Waals surface area contributed by atoms with Crippen LogP contribution in [0.3, 0.4) is 0 Å². The van der Waals surface area contributed by atoms with Crippen molar-refractivity contribution in [3.63, 3.8) is 0 Å². The van der Waals surface area contributed by atoms with Crippen molar-refractivity contribution in [3.8, 4) is 61.3 Å². The first kappa shape index (κ1) is 57.9. The first-order valence-corrected chi connectivity index (χ1v) is 53.5. The number of allylic oxidation sites excluding steroid dienone is 4. The standard InChI is InChI=1S/2C26H23N5OS.C26H21N5OS.C19H20N2O3.C13H17NO2.C6H4ClNO.ClH.50H2/c1-15-19-10-9-18-22(16-6-5-11-27-13-16)30-31(25-29-20-7-3-4-8-21(20)33-25)24(18)26(19,2)12-17-14-28-32-23(15)17;2*1-15-19-10-9-18-22(16-6-5-11-28-14-16)30-31(25-29-20-7-3-4-8-21(20)33-25)24(18)26(19,2)12-17(13-27)23(15)32;1-11-15-6-5-14(16(22)12-4-3-7-20-9-12)18(23)19(15,2)8-13-10-21-24-17(11)13;1-8-10-4-3-5-11(15)13(10,2)6-9-7-14-16-12(8)9;7-6(9)5-2-1-3-8-4-5;;;;;;;;;;;;;;;;;;;;;;;;;;;;;;;;;;;;;;;;;;;;;;;;;;;/h3-8,11,13-15,19H,9-10,12H2,1-2H3;3-8,11,14-15,19,32H,9-10,12H2,1-2H3;3-8,11-12,14-15,19H,9-10H2,1-2H3;3-4,7,9-11,14-15H,5-6,8H2,1-2H3;7-8,10H,3-6H2,1-2H3;1-4H;51*1H/t3*15-,19-,26-;11-,14?,15-,19-;8-,10-,13-;;;;;;;;;;;;;;;;;;;;;;;;;;;;;;;;;;;;;;;;;;;;;;;;;;;;/m11111..................................................../s1/i;;;;;;;49*1+2T;1+2. The zero-order valence-corrected chi connectivity index (χ0v) is 88.0. The van der Waals surface area contributed by atoms with E-state index in [1.807, 2.05) is 140 Å². The van der Waals surface area contributed by atoms with Crippen LogP contribution in [0.15, 0.2) is 251 Å². The monoisotopic (exact) mass is 2380 g/mol. The molecule has 1 N–H and O–H groups in total. The number of aromatic nitrogens is 17. The molecule has 3 aromatic carbocycles. The summed E-state index contributed by atoms with van der Waals surface area (Å²) in [5, 5.41) is 59.7. The number of rotatable bonds is 9. The van der Waals surface area contributed by atoms with E-state index in [9.17, 15) is 39.6 Å². The average Bonchev–Trinajstić information content (AvgIpc) is 1.55. The fourth-order valence-electron chi connectivity index (χ4n) is 26.7. The molecule has 0 spiro atoms. The molecule has 17 aromatic rings. The fourth-order valence-corrected chi connectivity index (χ4v) is 29.6. The van der Waals surface area contributed by atoms with Gasteiger partial charge in [-0.1, -0.05) is 161 Å². The lowest BCUT2D eigenvalue weighted by molar-refractivity contribution is -0.139. The summed E-state index contributed by atoms with van der Waals surface area (Å²) in [6.45, 7) is 21.5. The minimum absolute atomic E-state index is 0. The maximum Gasteiger partial charge on any atom is 0.253 e. The molecule has 14 aromatic heterocycles. The summed E-state index contributed by atoms with van der Waals surface area (Å²) >= 11 is 10.0. The van der Waals surface area contributed by atoms with Gasteiger partial charge in [-0.25, -0.2) is 29.0 Å². The summed E-state index contributed by atoms with van der Waals surface area (Å²) in [5.74, 6) is 4.91. The number of carbonyl (C=O) groups excluding carboxylic acids is 5. The van der Waals surface area contributed by atoms with E-state index in [0.717, 1.165) is 198 Å². The molecule has 854 valence electrons. The second kappa shape index (κ2) is 40.2. The van der Waals surface area contributed by atoms with E-state index in [2.05, 4.69) is 142 Å². The molecule has 149 heavy (non-hydrogen) atoms. The Kier molecular flexibility index (Phi) is 15.6. The summed E-state index contributed by atoms with van der Waals surface area (Å²) in [6.07, 6.45) is 37.2. The number of benzene rings is 3. The topological polar surface area (TPSA) is 388 Å². The first-order valence-electron chi connectivity index (χ1n) is 99.7. The molecule has 1 unspecified atom stereocenters. The zero-order chi connectivity index (χ0) is 201. The average molecular weight is 2380 g/mol. The largest absolute Gasteiger partial charge is 0.511 e. The normalized spacial score (nSPS) is 28.4. The maximum atomic E-state index is 13.3. The van der Waals surface area contributed by atoms with Crippen molar-refractivity contribution >= 4 is 117 Å². The van der Waals surface area contributed by atoms with Gasteiger partial charge in [-0.3, -0.25) is 48.9 Å². The number of fused-ring (bicyclic) bond motifs is 17. The number of carbonyl (C=O) groups is 5. The Bertz CT molecular complexity index is 8340. The van der Waals surface area contributed by atoms with Crippen LogP contribution in [0.5, 0.6) is 0 Å². The van der Waals surface area contributed by atoms with Crippen molar-refractivity contribution in [2.75, 3.05) is 0 Å². The lowest BCUT2D eigenvalue weighted by atomic mass is 9.54. The zero-order valence-electron chi connectivity index (χ0n) is 182. The molecule has 16 atom stereocenters. The summed E-state index contributed by atoms with van der Waals surface area (Å²) in [6, 6.07) is 47.7. The number of hydrogen-bond acceptors (Lipinski definition) is 28. The van der Waals surface area contributed by atoms with Crippen LogP contribution in [0.2, 0.25) is 0 Å². The predicted octanol–water partition coefficient (Wildman–Crippen LogP) is 36.6. The quantitative estimate of drug-likeness (QED) is 0.0796. The SMILES string of the molecule is C[C@H]1C(=O)C(C#N)=C[C@@]2(C)c3c(c(-c4cccnc4)nn3-c3nc4ccccc4s3)CC[C@H]12.C[C@H]1C(O)=C(C#N)C[C@@]2(C)c3c(c(-c4cccnc4)nn3-c3nc4ccccc4s3)CC[C@H]12.C[C@H]1c2oncc2C[C@@]2(C)C(=O)C(C(=O)c3cccnc3)CC[C@H]12.C[C@H]1c2oncc2C[C@@]2(C)C(=O)CCC[C@H]12.C[C@H]1c2oncc2C[C@@]2(C)c3c(c(-c4cccnc4)nn3-c3nc4ccccc4s3)CC[C@H]12.Cl.O=C(Cl)c1cccnc1.[3HH].[3H][3H].[3H][3H].[3H][3H].[3H][3H].[3H][3H].[3H][3H].[3H][3H].[3H][3H].[3H][3H].[3H][3H].[3H][3H].[3H][3H].[3H][3H].[3H][3H].[3H][3H].[3H][3H].[3H][3H].[3H][3H].[3H][3H].[3H][3H].[3H][3H].[3H][3H].[3H][3H].[3H][3H].[3H][3H].[3H][3H].[3H][3H].[3H][3H].[3H][3H].[3H][3H].[3H][3H].[3H][3H].[3H][3H].[3H][3H].[3H][3H].[3H][3H].[3H][3H].[3H][3H].[3H][3H].[3H][3H].[3H][3H].[3H][3H].[3H][3H].[3H][3H].[3H][3H].[3H][3H].[3H][3H].[3H][3H].[3H][3H]. The van der Waals surface area contributed by atoms with Crippen molar-refractivity contribution in [2.24, 2.45) is 58.2 Å². The van der Waals surface area contributed by atoms with E-state index in [4.69, 9.17) is 201 Å². The van der Waals surface area contributed by atoms with Crippen molar-refractivity contribution in [1.29, 1.82) is 10.5 Å². The van der Waals surface area contributed by atoms with E-state index in [0.29, 0.717) is 65.4 Å². The van der Waals surface area contributed by atoms with E-state index in [1.54, 1.807) is 102 Å². The third-order valence-electron chi connectivity index (χ3n) is 33.9. The van der Waals surface area contributed by atoms with Crippen molar-refractivity contribution in [2.45, 2.75) is 200 Å². The van der Waals surface area contributed by atoms with Gasteiger partial charge < -0.3 is 18.7 Å². The Labute approximate surface area is 1040 Å². The van der Waals surface area contributed by atoms with Gasteiger partial charge in [0.05, 0.1) is 112 Å². The van der Waals surface area contributed by atoms with E-state index in [1.165, 1.54) is 33.3 Å². The molecule has 33 heteroatoms. The number of pyridine rings is 5. The van der Waals surface area contributed by atoms with Gasteiger partial charge in [-0.15, -0.1) is 12.4 Å². The molecule has 0 aliphatic heterocycles. The highest BCUT2D eigenvalue weighted by atomic mass is 35.5. The Hall–Kier alpha value is -14.5. The molecular formula is C116H209Cl2N19O9S3. The molecule has 2 saturated carbocycles. The molecule has 0 radical (unpaired) electrons. The van der Waals surface area contributed by atoms with Crippen LogP contribution in [0.1, 0.15) is 380 Å². The highest BCUT2D eigenvalue weighted by Gasteiger charge is 2.59. The highest BCUT2D eigenvalue weighted by molar-refractivity contribution is 7.21. The van der Waals surface area contributed by atoms with Gasteiger partial charge in [0.25, 0.3) is 5.24 Å². The summed E-state index contributed by atoms with van der Waals surface area (Å²) in [7, 11) is 0. The number of aliphatic hydroxyl groups excluding tert-OH is 1. The number of aliphatic hydroxyl groups is 1. The Morgan fingerprint density at radius 2 is 0.839 bits per heavy atom. The van der Waals surface area contributed by atoms with Gasteiger partial charge in [-0.05, 0) is 228 Å². The van der Waals surface area contributed by atoms with E-state index < -0.39 is 22.0 Å². The maximum absolute atomic E-state index is 13.3. The molecule has 14 heterocycles. The summed E-state index contributed by atoms with van der Waals surface area (Å²) < 4.78 is 516. The van der Waals surface area contributed by atoms with Crippen molar-refractivity contribution in [3.05, 3.63) is 316 Å². The molecule has 10 aliphatic rings. The molecule has 28 nitrogen and oxygen atoms in total. The second-order valence-electron chi connectivity index (χ2n) is 42.2. The first-order chi connectivity index (χ1) is 121. The van der Waals surface area contributed by atoms with Gasteiger partial charge in [0, 0.05) is 328 Å². The lowest BCUT2D eigenvalue weighted by Crippen LogP contribution is -2.51. The second-order valence-corrected chi connectivity index (χ2v) is 45.6. The molecular weight excluding hydrogens is 1970 g/mol. The summed E-state index contributed by atoms with van der Waals surface area (Å²) in [5.41, 5.74) is 19.3. The smallest absolute Gasteiger partial charge is 0.253 e. The number of thiazole rings is 3. The number of Topliss-reactive ketones (excluding diaryl/α,β-unsaturated/α-hetero) is 4. The number of hydrogen-bond donors (Lipinski definition) is 1. The van der Waals surface area contributed by atoms with Gasteiger partial charge in [0.2, 0.25) is 15.4 Å². The van der Waals surface area contributed by atoms with Gasteiger partial charge in [0.15, 0.2) is 11.6 Å². The highest BCUT2D eigenvalue weighted by Crippen LogP contribution is 2.61. The van der Waals surface area contributed by atoms with Crippen LogP contribution in [0, 0.1) is 80.8 Å². The van der Waals surface area contributed by atoms with Crippen LogP contribution in [-0.4, -0.2) is 118 Å². The number of nitrogens with zero attached hydrogens (tertiary/aromatic N) is 19. The lowest BCUT2D eigenvalue weighted by Gasteiger charge is -2.47. The number of nitriles is 2. The van der Waals surface area contributed by atoms with Crippen LogP contribution in [0.4, 0.5) is 0 Å². The van der Waals surface area contributed by atoms with E-state index >= 15 is 0 Å². The number of ketones is 4. The fraction of sp³-hybridized carbons (Fsp3) is 0.353. The minimum Gasteiger partial charge on any atom is -0.511 e. The van der Waals surface area contributed by atoms with Crippen LogP contribution in [0.25, 0.3) is 79.8 Å². The van der Waals surface area contributed by atoms with E-state index in [-0.39, 0.29) is 94.3 Å². The number of halogens is 2. The minimum atomic E-state index is -0.566. The predicted molar refractivity (Wildman–Crippen MR) is 676 cm³/mol. The Balaban J connectivity index is -0.0000000755. The summed E-state index contributed by atoms with van der Waals surface area (Å²) in [4.78, 5) is 97.0. The van der Waals surface area contributed by atoms with Gasteiger partial charge in [0.1, 0.15) is 40.7 Å². The molecule has 0 saturated heterocycles. The van der Waals surface area contributed by atoms with Crippen LogP contribution >= 0.6 is 58.0 Å². The van der Waals surface area contributed by atoms with Crippen LogP contribution in [-0.2, 0) is 69.2 Å². The van der Waals surface area contributed by atoms with Gasteiger partial charge >= 0.3 is 0 Å². The van der Waals surface area contributed by atoms with Crippen molar-refractivity contribution < 1.29 is 190 Å². The Morgan fingerprint density at radius 1 is 0.443 bits per heavy atom. The van der Waals surface area contributed by atoms with Crippen LogP contribution < -0.4 is 0 Å². The molecule has 0 bridgehead atoms. The molecule has 27 rings (SSSR count). The molecule has 2 fully saturated rings. The molecule has 0 amide bonds. The number of para-hydroxylation sites is 3. The van der Waals surface area contributed by atoms with Gasteiger partial charge in [-0.2, -0.15) is 25.8 Å². The third-order valence-corrected chi connectivity index (χ3v) is 37.1. The third kappa shape index (κ3) is 17.5. The Morgan fingerprint density at radius 3 is 1.26 bits per heavy atom.